The van der Waals surface area contributed by atoms with Crippen molar-refractivity contribution in [2.75, 3.05) is 0 Å². The molecule has 0 aliphatic heterocycles. The number of Topliss-reactive ketones (excluding diaryl/α,β-unsaturated/α-hetero) is 1. The first-order valence-electron chi connectivity index (χ1n) is 8.54. The van der Waals surface area contributed by atoms with Gasteiger partial charge < -0.3 is 0 Å². The second-order valence-electron chi connectivity index (χ2n) is 6.58. The van der Waals surface area contributed by atoms with Crippen molar-refractivity contribution in [2.45, 2.75) is 59.8 Å². The number of hydrogen-bond acceptors (Lipinski definition) is 1. The molecule has 0 amide bonds. The van der Waals surface area contributed by atoms with E-state index >= 15 is 0 Å². The van der Waals surface area contributed by atoms with Crippen LogP contribution in [0.2, 0.25) is 0 Å². The summed E-state index contributed by atoms with van der Waals surface area (Å²) >= 11 is 0. The summed E-state index contributed by atoms with van der Waals surface area (Å²) in [4.78, 5) is 10.9. The Kier molecular flexibility index (Phi) is 7.74. The van der Waals surface area contributed by atoms with Gasteiger partial charge in [0.1, 0.15) is 0 Å². The summed E-state index contributed by atoms with van der Waals surface area (Å²) in [5.41, 5.74) is 4.93. The molecule has 0 atom stereocenters. The van der Waals surface area contributed by atoms with Gasteiger partial charge in [-0.15, -0.1) is 0 Å². The monoisotopic (exact) mass is 310 g/mol. The Labute approximate surface area is 141 Å². The summed E-state index contributed by atoms with van der Waals surface area (Å²) in [6.45, 7) is 12.5. The minimum atomic E-state index is 0.130. The van der Waals surface area contributed by atoms with Gasteiger partial charge >= 0.3 is 0 Å². The summed E-state index contributed by atoms with van der Waals surface area (Å²) in [6.07, 6.45) is 1.14. The first-order chi connectivity index (χ1) is 10.8. The highest BCUT2D eigenvalue weighted by Crippen LogP contribution is 2.15. The van der Waals surface area contributed by atoms with Gasteiger partial charge in [0.05, 0.1) is 0 Å². The molecule has 0 aromatic heterocycles. The number of rotatable bonds is 4. The van der Waals surface area contributed by atoms with E-state index in [1.54, 1.807) is 6.92 Å². The maximum Gasteiger partial charge on any atom is 0.159 e. The van der Waals surface area contributed by atoms with E-state index in [2.05, 4.69) is 58.9 Å². The summed E-state index contributed by atoms with van der Waals surface area (Å²) in [6, 6.07) is 16.7. The molecule has 0 saturated carbocycles. The Morgan fingerprint density at radius 1 is 0.783 bits per heavy atom. The fourth-order valence-electron chi connectivity index (χ4n) is 2.24. The molecule has 0 fully saturated rings. The SMILES string of the molecule is CC(=O)c1ccc(C(C)C)cc1.CCc1ccc(C(C)C)cc1. The number of hydrogen-bond donors (Lipinski definition) is 0. The maximum atomic E-state index is 10.9. The quantitative estimate of drug-likeness (QED) is 0.598. The van der Waals surface area contributed by atoms with Crippen LogP contribution >= 0.6 is 0 Å². The van der Waals surface area contributed by atoms with E-state index in [0.717, 1.165) is 12.0 Å². The lowest BCUT2D eigenvalue weighted by molar-refractivity contribution is 0.101. The lowest BCUT2D eigenvalue weighted by atomic mass is 10.0. The summed E-state index contributed by atoms with van der Waals surface area (Å²) in [5.74, 6) is 1.32. The fraction of sp³-hybridized carbons (Fsp3) is 0.409. The Balaban J connectivity index is 0.000000231. The van der Waals surface area contributed by atoms with E-state index in [0.29, 0.717) is 11.8 Å². The van der Waals surface area contributed by atoms with Crippen LogP contribution < -0.4 is 0 Å². The smallest absolute Gasteiger partial charge is 0.159 e. The standard InChI is InChI=1S/C11H14O.C11H16/c1-8(2)10-4-6-11(7-5-10)9(3)12;1-4-10-5-7-11(8-6-10)9(2)3/h4-8H,1-3H3;5-9H,4H2,1-3H3. The van der Waals surface area contributed by atoms with Gasteiger partial charge in [-0.25, -0.2) is 0 Å². The molecule has 2 aromatic carbocycles. The molecule has 0 unspecified atom stereocenters. The van der Waals surface area contributed by atoms with E-state index in [1.807, 2.05) is 24.3 Å². The molecule has 23 heavy (non-hydrogen) atoms. The van der Waals surface area contributed by atoms with Crippen molar-refractivity contribution in [1.29, 1.82) is 0 Å². The largest absolute Gasteiger partial charge is 0.295 e. The van der Waals surface area contributed by atoms with Crippen molar-refractivity contribution in [3.8, 4) is 0 Å². The normalized spacial score (nSPS) is 10.4. The zero-order valence-electron chi connectivity index (χ0n) is 15.4. The van der Waals surface area contributed by atoms with Crippen LogP contribution in [-0.2, 0) is 6.42 Å². The van der Waals surface area contributed by atoms with Gasteiger partial charge in [0.25, 0.3) is 0 Å². The van der Waals surface area contributed by atoms with Crippen LogP contribution in [0.3, 0.4) is 0 Å². The van der Waals surface area contributed by atoms with E-state index in [1.165, 1.54) is 16.7 Å². The second-order valence-corrected chi connectivity index (χ2v) is 6.58. The van der Waals surface area contributed by atoms with Crippen molar-refractivity contribution in [3.05, 3.63) is 70.8 Å². The van der Waals surface area contributed by atoms with Crippen molar-refractivity contribution in [2.24, 2.45) is 0 Å². The molecular weight excluding hydrogens is 280 g/mol. The molecule has 0 radical (unpaired) electrons. The predicted molar refractivity (Wildman–Crippen MR) is 100 cm³/mol. The molecule has 1 heteroatoms. The van der Waals surface area contributed by atoms with E-state index in [9.17, 15) is 4.79 Å². The third-order valence-electron chi connectivity index (χ3n) is 4.04. The molecule has 1 nitrogen and oxygen atoms in total. The molecule has 2 aromatic rings. The maximum absolute atomic E-state index is 10.9. The minimum Gasteiger partial charge on any atom is -0.295 e. The Morgan fingerprint density at radius 3 is 1.48 bits per heavy atom. The van der Waals surface area contributed by atoms with Crippen LogP contribution in [0.25, 0.3) is 0 Å². The van der Waals surface area contributed by atoms with Crippen LogP contribution in [0.1, 0.15) is 80.4 Å². The number of carbonyl (C=O) groups excluding carboxylic acids is 1. The highest BCUT2D eigenvalue weighted by Gasteiger charge is 2.00. The Bertz CT molecular complexity index is 589. The van der Waals surface area contributed by atoms with Crippen molar-refractivity contribution in [3.63, 3.8) is 0 Å². The molecular formula is C22H30O. The molecule has 2 rings (SSSR count). The Morgan fingerprint density at radius 2 is 1.17 bits per heavy atom. The lowest BCUT2D eigenvalue weighted by Crippen LogP contribution is -1.93. The van der Waals surface area contributed by atoms with Crippen LogP contribution in [0, 0.1) is 0 Å². The van der Waals surface area contributed by atoms with E-state index in [-0.39, 0.29) is 5.78 Å². The molecule has 0 spiro atoms. The average Bonchev–Trinajstić information content (AvgIpc) is 2.55. The van der Waals surface area contributed by atoms with Gasteiger partial charge in [-0.05, 0) is 41.9 Å². The van der Waals surface area contributed by atoms with Gasteiger partial charge in [-0.2, -0.15) is 0 Å². The van der Waals surface area contributed by atoms with Gasteiger partial charge in [0.15, 0.2) is 5.78 Å². The van der Waals surface area contributed by atoms with E-state index in [4.69, 9.17) is 0 Å². The fourth-order valence-corrected chi connectivity index (χ4v) is 2.24. The van der Waals surface area contributed by atoms with Crippen molar-refractivity contribution < 1.29 is 4.79 Å². The number of carbonyl (C=O) groups is 1. The summed E-state index contributed by atoms with van der Waals surface area (Å²) in [5, 5.41) is 0. The van der Waals surface area contributed by atoms with Gasteiger partial charge in [0, 0.05) is 5.56 Å². The van der Waals surface area contributed by atoms with Gasteiger partial charge in [-0.1, -0.05) is 83.1 Å². The summed E-state index contributed by atoms with van der Waals surface area (Å²) in [7, 11) is 0. The molecule has 124 valence electrons. The molecule has 0 aliphatic rings. The molecule has 0 aliphatic carbocycles. The van der Waals surface area contributed by atoms with Crippen LogP contribution in [-0.4, -0.2) is 5.78 Å². The molecule has 0 saturated heterocycles. The van der Waals surface area contributed by atoms with Crippen molar-refractivity contribution >= 4 is 5.78 Å². The minimum absolute atomic E-state index is 0.130. The van der Waals surface area contributed by atoms with Gasteiger partial charge in [0.2, 0.25) is 0 Å². The van der Waals surface area contributed by atoms with Crippen molar-refractivity contribution in [1.82, 2.24) is 0 Å². The molecule has 0 N–H and O–H groups in total. The number of benzene rings is 2. The molecule has 0 heterocycles. The zero-order valence-corrected chi connectivity index (χ0v) is 15.4. The number of ketones is 1. The Hall–Kier alpha value is -1.89. The average molecular weight is 310 g/mol. The zero-order chi connectivity index (χ0) is 17.4. The van der Waals surface area contributed by atoms with E-state index < -0.39 is 0 Å². The van der Waals surface area contributed by atoms with Gasteiger partial charge in [-0.3, -0.25) is 4.79 Å². The lowest BCUT2D eigenvalue weighted by Gasteiger charge is -2.04. The first-order valence-corrected chi connectivity index (χ1v) is 8.54. The number of aryl methyl sites for hydroxylation is 1. The van der Waals surface area contributed by atoms with Crippen LogP contribution in [0.15, 0.2) is 48.5 Å². The first kappa shape index (κ1) is 19.2. The van der Waals surface area contributed by atoms with Crippen LogP contribution in [0.5, 0.6) is 0 Å². The predicted octanol–water partition coefficient (Wildman–Crippen LogP) is 6.39. The molecule has 0 bridgehead atoms. The summed E-state index contributed by atoms with van der Waals surface area (Å²) < 4.78 is 0. The second kappa shape index (κ2) is 9.29. The third kappa shape index (κ3) is 6.40. The third-order valence-corrected chi connectivity index (χ3v) is 4.04. The highest BCUT2D eigenvalue weighted by atomic mass is 16.1. The topological polar surface area (TPSA) is 17.1 Å². The van der Waals surface area contributed by atoms with Crippen LogP contribution in [0.4, 0.5) is 0 Å². The highest BCUT2D eigenvalue weighted by molar-refractivity contribution is 5.94.